The molecule has 5 rings (SSSR count). The highest BCUT2D eigenvalue weighted by Gasteiger charge is 2.56. The van der Waals surface area contributed by atoms with Gasteiger partial charge in [0.05, 0.1) is 18.1 Å². The molecule has 122 valence electrons. The minimum atomic E-state index is -0.963. The molecule has 1 unspecified atom stereocenters. The van der Waals surface area contributed by atoms with Crippen molar-refractivity contribution in [1.82, 2.24) is 4.90 Å². The Morgan fingerprint density at radius 3 is 2.09 bits per heavy atom. The number of carboxylic acids is 1. The van der Waals surface area contributed by atoms with Crippen LogP contribution < -0.4 is 0 Å². The highest BCUT2D eigenvalue weighted by atomic mass is 16.5. The number of hydrogen-bond donors (Lipinski definition) is 1. The first-order chi connectivity index (χ1) is 10.4. The lowest BCUT2D eigenvalue weighted by molar-refractivity contribution is -0.177. The fourth-order valence-electron chi connectivity index (χ4n) is 5.96. The summed E-state index contributed by atoms with van der Waals surface area (Å²) in [6.45, 7) is 2.60. The number of carbonyl (C=O) groups excluding carboxylic acids is 1. The molecule has 0 aromatic rings. The van der Waals surface area contributed by atoms with Gasteiger partial charge in [-0.15, -0.1) is 0 Å². The van der Waals surface area contributed by atoms with Crippen LogP contribution >= 0.6 is 0 Å². The molecule has 4 aliphatic carbocycles. The number of ether oxygens (including phenoxy) is 1. The molecule has 5 aliphatic rings. The second-order valence-electron chi connectivity index (χ2n) is 8.18. The fraction of sp³-hybridized carbons (Fsp3) is 0.882. The van der Waals surface area contributed by atoms with Crippen LogP contribution in [0, 0.1) is 23.2 Å². The van der Waals surface area contributed by atoms with Gasteiger partial charge in [0.25, 0.3) is 0 Å². The zero-order valence-corrected chi connectivity index (χ0v) is 13.2. The Hall–Kier alpha value is -1.10. The number of morpholine rings is 1. The van der Waals surface area contributed by atoms with E-state index in [4.69, 9.17) is 4.74 Å². The standard InChI is InChI=1S/C17H25NO4/c1-10-8-18(9-14(22-10)15(19)20)16(21)17-5-11-2-12(6-17)4-13(3-11)7-17/h10-14H,2-9H2,1H3,(H,19,20)/t10-,11?,12?,13?,14?,17?/m1/s1. The van der Waals surface area contributed by atoms with Crippen LogP contribution in [0.25, 0.3) is 0 Å². The summed E-state index contributed by atoms with van der Waals surface area (Å²) in [5, 5.41) is 9.23. The van der Waals surface area contributed by atoms with Crippen LogP contribution in [-0.4, -0.2) is 47.2 Å². The summed E-state index contributed by atoms with van der Waals surface area (Å²) in [5.74, 6) is 1.43. The van der Waals surface area contributed by atoms with Crippen molar-refractivity contribution in [2.24, 2.45) is 23.2 Å². The zero-order valence-electron chi connectivity index (χ0n) is 13.2. The van der Waals surface area contributed by atoms with Crippen LogP contribution in [0.3, 0.4) is 0 Å². The van der Waals surface area contributed by atoms with Gasteiger partial charge in [-0.2, -0.15) is 0 Å². The third-order valence-electron chi connectivity index (χ3n) is 6.31. The first kappa shape index (κ1) is 14.5. The van der Waals surface area contributed by atoms with Crippen molar-refractivity contribution < 1.29 is 19.4 Å². The molecule has 5 nitrogen and oxygen atoms in total. The number of rotatable bonds is 2. The monoisotopic (exact) mass is 307 g/mol. The van der Waals surface area contributed by atoms with Gasteiger partial charge in [-0.1, -0.05) is 0 Å². The Balaban J connectivity index is 1.55. The Morgan fingerprint density at radius 2 is 1.59 bits per heavy atom. The average Bonchev–Trinajstić information content (AvgIpc) is 2.44. The van der Waals surface area contributed by atoms with Crippen molar-refractivity contribution in [2.75, 3.05) is 13.1 Å². The SMILES string of the molecule is C[C@@H]1CN(C(=O)C23CC4CC(CC(C4)C2)C3)CC(C(=O)O)O1. The van der Waals surface area contributed by atoms with Gasteiger partial charge in [-0.05, 0) is 63.2 Å². The zero-order chi connectivity index (χ0) is 15.5. The third-order valence-corrected chi connectivity index (χ3v) is 6.31. The highest BCUT2D eigenvalue weighted by molar-refractivity contribution is 5.84. The predicted molar refractivity (Wildman–Crippen MR) is 79.2 cm³/mol. The van der Waals surface area contributed by atoms with Crippen molar-refractivity contribution in [3.8, 4) is 0 Å². The fourth-order valence-corrected chi connectivity index (χ4v) is 5.96. The summed E-state index contributed by atoms with van der Waals surface area (Å²) >= 11 is 0. The van der Waals surface area contributed by atoms with Crippen molar-refractivity contribution in [3.63, 3.8) is 0 Å². The molecule has 1 N–H and O–H groups in total. The number of aliphatic carboxylic acids is 1. The lowest BCUT2D eigenvalue weighted by Gasteiger charge is -2.57. The first-order valence-corrected chi connectivity index (χ1v) is 8.63. The van der Waals surface area contributed by atoms with Gasteiger partial charge < -0.3 is 14.7 Å². The maximum Gasteiger partial charge on any atom is 0.334 e. The molecule has 1 amide bonds. The maximum absolute atomic E-state index is 13.2. The molecule has 1 aliphatic heterocycles. The third kappa shape index (κ3) is 2.25. The van der Waals surface area contributed by atoms with Crippen molar-refractivity contribution in [1.29, 1.82) is 0 Å². The molecule has 0 radical (unpaired) electrons. The van der Waals surface area contributed by atoms with E-state index in [9.17, 15) is 14.7 Å². The average molecular weight is 307 g/mol. The Kier molecular flexibility index (Phi) is 3.26. The molecule has 5 fully saturated rings. The Bertz CT molecular complexity index is 468. The van der Waals surface area contributed by atoms with Crippen LogP contribution in [-0.2, 0) is 14.3 Å². The van der Waals surface area contributed by atoms with Crippen LogP contribution in [0.2, 0.25) is 0 Å². The van der Waals surface area contributed by atoms with Gasteiger partial charge in [-0.25, -0.2) is 4.79 Å². The van der Waals surface area contributed by atoms with E-state index >= 15 is 0 Å². The summed E-state index contributed by atoms with van der Waals surface area (Å²) < 4.78 is 5.45. The second-order valence-corrected chi connectivity index (χ2v) is 8.18. The van der Waals surface area contributed by atoms with Crippen LogP contribution in [0.1, 0.15) is 45.4 Å². The number of amides is 1. The van der Waals surface area contributed by atoms with Gasteiger partial charge in [0.1, 0.15) is 0 Å². The predicted octanol–water partition coefficient (Wildman–Crippen LogP) is 1.90. The van der Waals surface area contributed by atoms with Gasteiger partial charge in [-0.3, -0.25) is 4.79 Å². The molecule has 4 saturated carbocycles. The maximum atomic E-state index is 13.2. The Labute approximate surface area is 131 Å². The van der Waals surface area contributed by atoms with E-state index in [0.717, 1.165) is 37.0 Å². The minimum absolute atomic E-state index is 0.186. The number of carboxylic acid groups (broad SMARTS) is 1. The molecular formula is C17H25NO4. The summed E-state index contributed by atoms with van der Waals surface area (Å²) in [4.78, 5) is 26.3. The van der Waals surface area contributed by atoms with E-state index in [0.29, 0.717) is 6.54 Å². The largest absolute Gasteiger partial charge is 0.479 e. The molecule has 22 heavy (non-hydrogen) atoms. The summed E-state index contributed by atoms with van der Waals surface area (Å²) in [6.07, 6.45) is 5.94. The molecule has 0 aromatic carbocycles. The Morgan fingerprint density at radius 1 is 1.05 bits per heavy atom. The van der Waals surface area contributed by atoms with E-state index in [1.807, 2.05) is 6.92 Å². The van der Waals surface area contributed by atoms with Gasteiger partial charge in [0.2, 0.25) is 5.91 Å². The molecule has 1 heterocycles. The summed E-state index contributed by atoms with van der Waals surface area (Å²) in [5.41, 5.74) is -0.186. The quantitative estimate of drug-likeness (QED) is 0.846. The van der Waals surface area contributed by atoms with E-state index in [2.05, 4.69) is 0 Å². The highest BCUT2D eigenvalue weighted by Crippen LogP contribution is 2.60. The molecule has 1 saturated heterocycles. The molecular weight excluding hydrogens is 282 g/mol. The molecule has 5 heteroatoms. The molecule has 4 bridgehead atoms. The van der Waals surface area contributed by atoms with Crippen LogP contribution in [0.4, 0.5) is 0 Å². The van der Waals surface area contributed by atoms with E-state index in [1.54, 1.807) is 4.90 Å². The van der Waals surface area contributed by atoms with Crippen molar-refractivity contribution in [2.45, 2.75) is 57.7 Å². The van der Waals surface area contributed by atoms with Gasteiger partial charge in [0, 0.05) is 6.54 Å². The topological polar surface area (TPSA) is 66.8 Å². The second kappa shape index (κ2) is 4.95. The van der Waals surface area contributed by atoms with Crippen LogP contribution in [0.5, 0.6) is 0 Å². The van der Waals surface area contributed by atoms with Crippen molar-refractivity contribution >= 4 is 11.9 Å². The number of carbonyl (C=O) groups is 2. The minimum Gasteiger partial charge on any atom is -0.479 e. The van der Waals surface area contributed by atoms with Gasteiger partial charge >= 0.3 is 5.97 Å². The van der Waals surface area contributed by atoms with E-state index < -0.39 is 12.1 Å². The first-order valence-electron chi connectivity index (χ1n) is 8.63. The summed E-state index contributed by atoms with van der Waals surface area (Å²) in [7, 11) is 0. The molecule has 2 atom stereocenters. The van der Waals surface area contributed by atoms with Crippen LogP contribution in [0.15, 0.2) is 0 Å². The molecule has 0 spiro atoms. The summed E-state index contributed by atoms with van der Waals surface area (Å²) in [6, 6.07) is 0. The normalized spacial score (nSPS) is 46.8. The smallest absolute Gasteiger partial charge is 0.334 e. The van der Waals surface area contributed by atoms with E-state index in [-0.39, 0.29) is 24.0 Å². The number of nitrogens with zero attached hydrogens (tertiary/aromatic N) is 1. The number of hydrogen-bond acceptors (Lipinski definition) is 3. The van der Waals surface area contributed by atoms with Gasteiger partial charge in [0.15, 0.2) is 6.10 Å². The lowest BCUT2D eigenvalue weighted by Crippen LogP contribution is -2.59. The molecule has 0 aromatic heterocycles. The van der Waals surface area contributed by atoms with Crippen molar-refractivity contribution in [3.05, 3.63) is 0 Å². The lowest BCUT2D eigenvalue weighted by atomic mass is 9.49. The van der Waals surface area contributed by atoms with E-state index in [1.165, 1.54) is 19.3 Å².